The van der Waals surface area contributed by atoms with Gasteiger partial charge < -0.3 is 25.3 Å². The van der Waals surface area contributed by atoms with Crippen LogP contribution >= 0.6 is 0 Å². The molecule has 1 aliphatic heterocycles. The first-order valence-electron chi connectivity index (χ1n) is 13.6. The molecule has 0 unspecified atom stereocenters. The molecule has 6 rings (SSSR count). The highest BCUT2D eigenvalue weighted by atomic mass is 16.5. The fourth-order valence-corrected chi connectivity index (χ4v) is 4.82. The summed E-state index contributed by atoms with van der Waals surface area (Å²) in [7, 11) is 1.59. The van der Waals surface area contributed by atoms with E-state index in [-0.39, 0.29) is 5.95 Å². The minimum Gasteiger partial charge on any atom is -0.493 e. The van der Waals surface area contributed by atoms with E-state index < -0.39 is 0 Å². The maximum atomic E-state index is 6.27. The molecule has 3 heterocycles. The van der Waals surface area contributed by atoms with Crippen LogP contribution in [0.15, 0.2) is 73.1 Å². The zero-order valence-corrected chi connectivity index (χ0v) is 22.9. The SMILES string of the molecule is COc1cc2c(-n3nc(Nc4ccc(OCCN5CCCC5)cc4)nc3N)ncnc2cc1OCc1ccccc1. The van der Waals surface area contributed by atoms with E-state index in [0.29, 0.717) is 47.4 Å². The third-order valence-electron chi connectivity index (χ3n) is 6.96. The Morgan fingerprint density at radius 1 is 0.927 bits per heavy atom. The Morgan fingerprint density at radius 2 is 1.73 bits per heavy atom. The fraction of sp³-hybridized carbons (Fsp3) is 0.267. The number of nitrogen functional groups attached to an aromatic ring is 1. The predicted octanol–water partition coefficient (Wildman–Crippen LogP) is 4.60. The van der Waals surface area contributed by atoms with E-state index in [0.717, 1.165) is 36.6 Å². The Balaban J connectivity index is 1.17. The number of anilines is 3. The summed E-state index contributed by atoms with van der Waals surface area (Å²) in [6.45, 7) is 4.35. The number of nitrogens with zero attached hydrogens (tertiary/aromatic N) is 6. The van der Waals surface area contributed by atoms with Gasteiger partial charge in [0, 0.05) is 23.7 Å². The summed E-state index contributed by atoms with van der Waals surface area (Å²) in [6.07, 6.45) is 4.02. The lowest BCUT2D eigenvalue weighted by atomic mass is 10.2. The lowest BCUT2D eigenvalue weighted by Crippen LogP contribution is -2.25. The van der Waals surface area contributed by atoms with Gasteiger partial charge in [-0.2, -0.15) is 9.67 Å². The molecule has 3 aromatic carbocycles. The van der Waals surface area contributed by atoms with Crippen LogP contribution in [0.4, 0.5) is 17.6 Å². The van der Waals surface area contributed by atoms with Crippen LogP contribution in [-0.2, 0) is 6.61 Å². The smallest absolute Gasteiger partial charge is 0.248 e. The number of nitrogens with one attached hydrogen (secondary N) is 1. The van der Waals surface area contributed by atoms with E-state index in [9.17, 15) is 0 Å². The second-order valence-electron chi connectivity index (χ2n) is 9.74. The molecule has 0 spiro atoms. The number of rotatable bonds is 11. The normalized spacial score (nSPS) is 13.4. The van der Waals surface area contributed by atoms with Crippen molar-refractivity contribution in [2.24, 2.45) is 0 Å². The number of hydrogen-bond donors (Lipinski definition) is 2. The van der Waals surface area contributed by atoms with Crippen LogP contribution in [0.25, 0.3) is 16.7 Å². The molecule has 0 radical (unpaired) electrons. The van der Waals surface area contributed by atoms with Gasteiger partial charge >= 0.3 is 0 Å². The summed E-state index contributed by atoms with van der Waals surface area (Å²) in [5, 5.41) is 8.46. The van der Waals surface area contributed by atoms with Gasteiger partial charge in [-0.05, 0) is 61.8 Å². The lowest BCUT2D eigenvalue weighted by Gasteiger charge is -2.15. The minimum absolute atomic E-state index is 0.178. The fourth-order valence-electron chi connectivity index (χ4n) is 4.82. The van der Waals surface area contributed by atoms with Crippen molar-refractivity contribution >= 4 is 28.5 Å². The van der Waals surface area contributed by atoms with E-state index in [2.05, 4.69) is 30.3 Å². The zero-order valence-electron chi connectivity index (χ0n) is 22.9. The molecule has 1 saturated heterocycles. The van der Waals surface area contributed by atoms with E-state index in [4.69, 9.17) is 19.9 Å². The Kier molecular flexibility index (Phi) is 7.76. The second-order valence-corrected chi connectivity index (χ2v) is 9.74. The number of nitrogens with two attached hydrogens (primary N) is 1. The highest BCUT2D eigenvalue weighted by molar-refractivity contribution is 5.88. The quantitative estimate of drug-likeness (QED) is 0.240. The first kappa shape index (κ1) is 26.3. The van der Waals surface area contributed by atoms with Gasteiger partial charge in [-0.15, -0.1) is 5.10 Å². The number of methoxy groups -OCH3 is 1. The van der Waals surface area contributed by atoms with E-state index in [1.165, 1.54) is 23.9 Å². The maximum Gasteiger partial charge on any atom is 0.248 e. The van der Waals surface area contributed by atoms with Crippen LogP contribution in [0, 0.1) is 0 Å². The van der Waals surface area contributed by atoms with E-state index >= 15 is 0 Å². The summed E-state index contributed by atoms with van der Waals surface area (Å²) in [4.78, 5) is 15.7. The van der Waals surface area contributed by atoms with Gasteiger partial charge in [0.25, 0.3) is 0 Å². The van der Waals surface area contributed by atoms with Crippen LogP contribution in [0.5, 0.6) is 17.2 Å². The monoisotopic (exact) mass is 552 g/mol. The minimum atomic E-state index is 0.178. The second kappa shape index (κ2) is 12.1. The Hall–Kier alpha value is -4.90. The van der Waals surface area contributed by atoms with Gasteiger partial charge in [0.15, 0.2) is 17.3 Å². The highest BCUT2D eigenvalue weighted by Crippen LogP contribution is 2.34. The van der Waals surface area contributed by atoms with E-state index in [1.54, 1.807) is 7.11 Å². The zero-order chi connectivity index (χ0) is 28.0. The third-order valence-corrected chi connectivity index (χ3v) is 6.96. The summed E-state index contributed by atoms with van der Waals surface area (Å²) < 4.78 is 19.1. The Morgan fingerprint density at radius 3 is 2.51 bits per heavy atom. The van der Waals surface area contributed by atoms with Gasteiger partial charge in [-0.25, -0.2) is 9.97 Å². The van der Waals surface area contributed by atoms with Crippen LogP contribution in [0.3, 0.4) is 0 Å². The molecule has 11 nitrogen and oxygen atoms in total. The van der Waals surface area contributed by atoms with Crippen LogP contribution in [0.1, 0.15) is 18.4 Å². The molecule has 3 N–H and O–H groups in total. The molecule has 41 heavy (non-hydrogen) atoms. The number of ether oxygens (including phenoxy) is 3. The van der Waals surface area contributed by atoms with Crippen LogP contribution in [-0.4, -0.2) is 63.0 Å². The lowest BCUT2D eigenvalue weighted by molar-refractivity contribution is 0.238. The molecule has 0 bridgehead atoms. The average Bonchev–Trinajstić information content (AvgIpc) is 3.66. The number of benzene rings is 3. The molecule has 0 amide bonds. The van der Waals surface area contributed by atoms with Gasteiger partial charge in [0.1, 0.15) is 25.3 Å². The van der Waals surface area contributed by atoms with Gasteiger partial charge in [-0.3, -0.25) is 4.90 Å². The third kappa shape index (κ3) is 6.15. The number of likely N-dealkylation sites (tertiary alicyclic amines) is 1. The van der Waals surface area contributed by atoms with E-state index in [1.807, 2.05) is 66.7 Å². The topological polar surface area (TPSA) is 125 Å². The van der Waals surface area contributed by atoms with Crippen molar-refractivity contribution in [1.82, 2.24) is 29.6 Å². The van der Waals surface area contributed by atoms with Crippen molar-refractivity contribution in [3.05, 3.63) is 78.6 Å². The molecular formula is C30H32N8O3. The van der Waals surface area contributed by atoms with Gasteiger partial charge in [0.2, 0.25) is 11.9 Å². The number of aromatic nitrogens is 5. The Labute approximate surface area is 237 Å². The molecule has 5 aromatic rings. The van der Waals surface area contributed by atoms with Gasteiger partial charge in [-0.1, -0.05) is 30.3 Å². The first-order chi connectivity index (χ1) is 20.2. The Bertz CT molecular complexity index is 1600. The summed E-state index contributed by atoms with van der Waals surface area (Å²) in [5.41, 5.74) is 8.78. The van der Waals surface area contributed by atoms with Crippen molar-refractivity contribution < 1.29 is 14.2 Å². The largest absolute Gasteiger partial charge is 0.493 e. The van der Waals surface area contributed by atoms with Crippen molar-refractivity contribution in [3.8, 4) is 23.1 Å². The molecule has 0 saturated carbocycles. The molecule has 210 valence electrons. The van der Waals surface area contributed by atoms with Crippen molar-refractivity contribution in [1.29, 1.82) is 0 Å². The predicted molar refractivity (Wildman–Crippen MR) is 157 cm³/mol. The van der Waals surface area contributed by atoms with Crippen molar-refractivity contribution in [2.45, 2.75) is 19.4 Å². The highest BCUT2D eigenvalue weighted by Gasteiger charge is 2.17. The molecule has 0 aliphatic carbocycles. The van der Waals surface area contributed by atoms with Crippen LogP contribution < -0.4 is 25.3 Å². The molecule has 11 heteroatoms. The van der Waals surface area contributed by atoms with Crippen molar-refractivity contribution in [2.75, 3.05) is 44.4 Å². The standard InChI is InChI=1S/C30H32N8O3/c1-39-26-17-24-25(18-27(26)41-19-21-7-3-2-4-8-21)32-20-33-28(24)38-29(31)35-30(36-38)34-22-9-11-23(12-10-22)40-16-15-37-13-5-6-14-37/h2-4,7-12,17-18,20H,5-6,13-16,19H2,1H3,(H3,31,34,35,36). The van der Waals surface area contributed by atoms with Gasteiger partial charge in [0.05, 0.1) is 12.6 Å². The first-order valence-corrected chi connectivity index (χ1v) is 13.6. The molecule has 1 fully saturated rings. The molecule has 2 aromatic heterocycles. The average molecular weight is 553 g/mol. The number of hydrogen-bond acceptors (Lipinski definition) is 10. The molecule has 0 atom stereocenters. The molecule has 1 aliphatic rings. The number of fused-ring (bicyclic) bond motifs is 1. The van der Waals surface area contributed by atoms with Crippen molar-refractivity contribution in [3.63, 3.8) is 0 Å². The van der Waals surface area contributed by atoms with Crippen LogP contribution in [0.2, 0.25) is 0 Å². The maximum absolute atomic E-state index is 6.27. The molecular weight excluding hydrogens is 520 g/mol. The summed E-state index contributed by atoms with van der Waals surface area (Å²) in [5.74, 6) is 2.93. The summed E-state index contributed by atoms with van der Waals surface area (Å²) >= 11 is 0. The summed E-state index contributed by atoms with van der Waals surface area (Å²) in [6, 6.07) is 21.3.